The highest BCUT2D eigenvalue weighted by molar-refractivity contribution is 7.89. The number of hydrogen-bond acceptors (Lipinski definition) is 3. The molecule has 8 heteroatoms. The van der Waals surface area contributed by atoms with Crippen molar-refractivity contribution in [2.75, 3.05) is 14.1 Å². The predicted octanol–water partition coefficient (Wildman–Crippen LogP) is 3.22. The van der Waals surface area contributed by atoms with Gasteiger partial charge < -0.3 is 5.32 Å². The van der Waals surface area contributed by atoms with Crippen molar-refractivity contribution >= 4 is 27.5 Å². The summed E-state index contributed by atoms with van der Waals surface area (Å²) in [5.74, 6) is -0.885. The molecule has 0 aliphatic heterocycles. The Labute approximate surface area is 151 Å². The highest BCUT2D eigenvalue weighted by atomic mass is 35.5. The summed E-state index contributed by atoms with van der Waals surface area (Å²) < 4.78 is 38.5. The van der Waals surface area contributed by atoms with Gasteiger partial charge in [0.05, 0.1) is 21.5 Å². The summed E-state index contributed by atoms with van der Waals surface area (Å²) in [5, 5.41) is 2.87. The predicted molar refractivity (Wildman–Crippen MR) is 94.6 cm³/mol. The molecule has 1 N–H and O–H groups in total. The molecule has 0 heterocycles. The van der Waals surface area contributed by atoms with Gasteiger partial charge in [-0.05, 0) is 42.8 Å². The van der Waals surface area contributed by atoms with Crippen LogP contribution < -0.4 is 5.32 Å². The van der Waals surface area contributed by atoms with E-state index in [1.165, 1.54) is 44.4 Å². The van der Waals surface area contributed by atoms with E-state index in [0.717, 1.165) is 4.31 Å². The molecule has 0 saturated carbocycles. The number of carbonyl (C=O) groups excluding carboxylic acids is 1. The first-order valence-electron chi connectivity index (χ1n) is 7.41. The molecular weight excluding hydrogens is 367 g/mol. The summed E-state index contributed by atoms with van der Waals surface area (Å²) >= 11 is 6.05. The van der Waals surface area contributed by atoms with Crippen molar-refractivity contribution < 1.29 is 17.6 Å². The van der Waals surface area contributed by atoms with Gasteiger partial charge in [0.1, 0.15) is 5.82 Å². The van der Waals surface area contributed by atoms with Crippen LogP contribution >= 0.6 is 11.6 Å². The largest absolute Gasteiger partial charge is 0.345 e. The number of hydrogen-bond donors (Lipinski definition) is 1. The van der Waals surface area contributed by atoms with Crippen LogP contribution in [0.3, 0.4) is 0 Å². The molecule has 0 aliphatic carbocycles. The smallest absolute Gasteiger partial charge is 0.253 e. The Balaban J connectivity index is 2.28. The zero-order chi connectivity index (χ0) is 18.8. The normalized spacial score (nSPS) is 12.9. The van der Waals surface area contributed by atoms with E-state index in [4.69, 9.17) is 11.6 Å². The van der Waals surface area contributed by atoms with Crippen LogP contribution in [-0.2, 0) is 10.0 Å². The Morgan fingerprint density at radius 2 is 1.76 bits per heavy atom. The van der Waals surface area contributed by atoms with E-state index < -0.39 is 22.0 Å². The Bertz CT molecular complexity index is 883. The van der Waals surface area contributed by atoms with Crippen molar-refractivity contribution in [2.24, 2.45) is 0 Å². The minimum atomic E-state index is -3.68. The number of benzene rings is 2. The van der Waals surface area contributed by atoms with Crippen LogP contribution in [0.5, 0.6) is 0 Å². The molecule has 0 bridgehead atoms. The molecule has 25 heavy (non-hydrogen) atoms. The molecule has 2 aromatic carbocycles. The second-order valence-electron chi connectivity index (χ2n) is 5.68. The maximum absolute atomic E-state index is 13.0. The second-order valence-corrected chi connectivity index (χ2v) is 8.23. The van der Waals surface area contributed by atoms with E-state index >= 15 is 0 Å². The molecule has 0 fully saturated rings. The molecule has 5 nitrogen and oxygen atoms in total. The van der Waals surface area contributed by atoms with Crippen molar-refractivity contribution in [2.45, 2.75) is 17.9 Å². The lowest BCUT2D eigenvalue weighted by Gasteiger charge is -2.16. The van der Waals surface area contributed by atoms with Gasteiger partial charge in [-0.3, -0.25) is 4.79 Å². The summed E-state index contributed by atoms with van der Waals surface area (Å²) in [4.78, 5) is 12.5. The Hall–Kier alpha value is -1.96. The maximum atomic E-state index is 13.0. The molecule has 0 unspecified atom stereocenters. The van der Waals surface area contributed by atoms with Crippen molar-refractivity contribution in [1.82, 2.24) is 9.62 Å². The van der Waals surface area contributed by atoms with E-state index in [0.29, 0.717) is 5.56 Å². The minimum Gasteiger partial charge on any atom is -0.345 e. The molecule has 0 radical (unpaired) electrons. The number of nitrogens with zero attached hydrogens (tertiary/aromatic N) is 1. The molecule has 2 rings (SSSR count). The van der Waals surface area contributed by atoms with E-state index in [-0.39, 0.29) is 21.3 Å². The van der Waals surface area contributed by atoms with Gasteiger partial charge in [0, 0.05) is 14.1 Å². The second kappa shape index (κ2) is 7.51. The molecule has 0 aromatic heterocycles. The summed E-state index contributed by atoms with van der Waals surface area (Å²) in [6.07, 6.45) is 0. The van der Waals surface area contributed by atoms with Crippen LogP contribution in [0.1, 0.15) is 28.9 Å². The molecule has 2 aromatic rings. The Morgan fingerprint density at radius 3 is 2.32 bits per heavy atom. The number of halogens is 2. The Kier molecular flexibility index (Phi) is 5.82. The molecular formula is C17H18ClFN2O3S. The van der Waals surface area contributed by atoms with Crippen molar-refractivity contribution in [1.29, 1.82) is 0 Å². The lowest BCUT2D eigenvalue weighted by Crippen LogP contribution is -2.28. The van der Waals surface area contributed by atoms with Crippen LogP contribution in [0, 0.1) is 5.82 Å². The fourth-order valence-corrected chi connectivity index (χ4v) is 3.29. The van der Waals surface area contributed by atoms with E-state index in [9.17, 15) is 17.6 Å². The first-order chi connectivity index (χ1) is 11.6. The lowest BCUT2D eigenvalue weighted by atomic mass is 10.1. The third-order valence-electron chi connectivity index (χ3n) is 3.68. The maximum Gasteiger partial charge on any atom is 0.253 e. The van der Waals surface area contributed by atoms with Gasteiger partial charge in [0.15, 0.2) is 0 Å². The first kappa shape index (κ1) is 19.4. The summed E-state index contributed by atoms with van der Waals surface area (Å²) in [5.41, 5.74) is 0.765. The standard InChI is InChI=1S/C17H18ClFN2O3S/c1-11(12-4-6-13(19)7-5-12)20-17(22)15-10-14(8-9-16(15)18)25(23,24)21(2)3/h4-11H,1-3H3,(H,20,22)/t11-/m1/s1. The van der Waals surface area contributed by atoms with Crippen LogP contribution in [0.15, 0.2) is 47.4 Å². The fourth-order valence-electron chi connectivity index (χ4n) is 2.16. The topological polar surface area (TPSA) is 66.5 Å². The highest BCUT2D eigenvalue weighted by Crippen LogP contribution is 2.23. The van der Waals surface area contributed by atoms with Gasteiger partial charge in [0.2, 0.25) is 10.0 Å². The van der Waals surface area contributed by atoms with Gasteiger partial charge in [-0.2, -0.15) is 0 Å². The van der Waals surface area contributed by atoms with Crippen LogP contribution in [-0.4, -0.2) is 32.7 Å². The van der Waals surface area contributed by atoms with Gasteiger partial charge in [-0.1, -0.05) is 23.7 Å². The van der Waals surface area contributed by atoms with E-state index in [1.54, 1.807) is 19.1 Å². The highest BCUT2D eigenvalue weighted by Gasteiger charge is 2.21. The summed E-state index contributed by atoms with van der Waals surface area (Å²) in [6, 6.07) is 9.28. The molecule has 0 saturated heterocycles. The average molecular weight is 385 g/mol. The van der Waals surface area contributed by atoms with Crippen molar-refractivity contribution in [3.8, 4) is 0 Å². The quantitative estimate of drug-likeness (QED) is 0.860. The zero-order valence-corrected chi connectivity index (χ0v) is 15.5. The third kappa shape index (κ3) is 4.36. The SMILES string of the molecule is C[C@@H](NC(=O)c1cc(S(=O)(=O)N(C)C)ccc1Cl)c1ccc(F)cc1. The number of carbonyl (C=O) groups is 1. The van der Waals surface area contributed by atoms with Gasteiger partial charge in [-0.25, -0.2) is 17.1 Å². The number of rotatable bonds is 5. The lowest BCUT2D eigenvalue weighted by molar-refractivity contribution is 0.0940. The number of amides is 1. The van der Waals surface area contributed by atoms with Crippen LogP contribution in [0.2, 0.25) is 5.02 Å². The van der Waals surface area contributed by atoms with Crippen molar-refractivity contribution in [3.05, 3.63) is 64.4 Å². The van der Waals surface area contributed by atoms with E-state index in [2.05, 4.69) is 5.32 Å². The Morgan fingerprint density at radius 1 is 1.16 bits per heavy atom. The fraction of sp³-hybridized carbons (Fsp3) is 0.235. The monoisotopic (exact) mass is 384 g/mol. The molecule has 0 aliphatic rings. The van der Waals surface area contributed by atoms with Gasteiger partial charge in [-0.15, -0.1) is 0 Å². The third-order valence-corrected chi connectivity index (χ3v) is 5.82. The van der Waals surface area contributed by atoms with Crippen LogP contribution in [0.4, 0.5) is 4.39 Å². The van der Waals surface area contributed by atoms with Crippen LogP contribution in [0.25, 0.3) is 0 Å². The van der Waals surface area contributed by atoms with E-state index in [1.807, 2.05) is 0 Å². The van der Waals surface area contributed by atoms with Gasteiger partial charge >= 0.3 is 0 Å². The molecule has 134 valence electrons. The summed E-state index contributed by atoms with van der Waals surface area (Å²) in [7, 11) is -0.876. The first-order valence-corrected chi connectivity index (χ1v) is 9.23. The number of nitrogens with one attached hydrogen (secondary N) is 1. The number of sulfonamides is 1. The zero-order valence-electron chi connectivity index (χ0n) is 14.0. The molecule has 1 amide bonds. The minimum absolute atomic E-state index is 0.0264. The van der Waals surface area contributed by atoms with Gasteiger partial charge in [0.25, 0.3) is 5.91 Å². The van der Waals surface area contributed by atoms with Crippen molar-refractivity contribution in [3.63, 3.8) is 0 Å². The average Bonchev–Trinajstić information content (AvgIpc) is 2.55. The summed E-state index contributed by atoms with van der Waals surface area (Å²) in [6.45, 7) is 1.74. The molecule has 0 spiro atoms. The molecule has 1 atom stereocenters.